The Bertz CT molecular complexity index is 1110. The summed E-state index contributed by atoms with van der Waals surface area (Å²) in [4.78, 5) is 6.63. The molecule has 0 bridgehead atoms. The molecule has 0 heterocycles. The highest BCUT2D eigenvalue weighted by molar-refractivity contribution is 5.93. The average molecular weight is 449 g/mol. The van der Waals surface area contributed by atoms with Gasteiger partial charge in [-0.1, -0.05) is 72.8 Å². The summed E-state index contributed by atoms with van der Waals surface area (Å²) in [5, 5.41) is 7.38. The van der Waals surface area contributed by atoms with Crippen LogP contribution in [0.5, 0.6) is 0 Å². The molecule has 0 aromatic heterocycles. The molecule has 170 valence electrons. The fraction of sp³-hybridized carbons (Fsp3) is 0.214. The summed E-state index contributed by atoms with van der Waals surface area (Å²) in [6.07, 6.45) is 13.2. The predicted octanol–water partition coefficient (Wildman–Crippen LogP) is 4.76. The standard InChI is InChI=1S/C28H28N6/c29-33-25-15-11-23(12-16-25)27(21-7-3-1-4-8-21)31-19-20-32-28(22-9-5-2-6-10-22)24-13-17-26(34-30)18-14-24/h1-15,17,27-28,31-32H,16,18-20H2. The third-order valence-corrected chi connectivity index (χ3v) is 6.04. The number of allylic oxidation sites excluding steroid dienone is 4. The molecule has 4 rings (SSSR count). The van der Waals surface area contributed by atoms with Crippen LogP contribution in [0.1, 0.15) is 36.1 Å². The maximum atomic E-state index is 9.04. The smallest absolute Gasteiger partial charge is 0.295 e. The van der Waals surface area contributed by atoms with E-state index in [0.717, 1.165) is 24.2 Å². The topological polar surface area (TPSA) is 96.9 Å². The van der Waals surface area contributed by atoms with Gasteiger partial charge in [0.1, 0.15) is 0 Å². The van der Waals surface area contributed by atoms with Crippen molar-refractivity contribution >= 4 is 11.4 Å². The Balaban J connectivity index is 1.45. The lowest BCUT2D eigenvalue weighted by Crippen LogP contribution is -2.34. The highest BCUT2D eigenvalue weighted by atomic mass is 15.0. The second kappa shape index (κ2) is 11.8. The van der Waals surface area contributed by atoms with Crippen LogP contribution in [0.4, 0.5) is 0 Å². The fourth-order valence-electron chi connectivity index (χ4n) is 4.26. The zero-order chi connectivity index (χ0) is 23.6. The van der Waals surface area contributed by atoms with Crippen molar-refractivity contribution in [2.24, 2.45) is 0 Å². The van der Waals surface area contributed by atoms with Crippen molar-refractivity contribution in [1.29, 1.82) is 0 Å². The van der Waals surface area contributed by atoms with Gasteiger partial charge in [0.2, 0.25) is 0 Å². The maximum absolute atomic E-state index is 9.04. The van der Waals surface area contributed by atoms with Gasteiger partial charge < -0.3 is 21.7 Å². The molecule has 2 aromatic rings. The van der Waals surface area contributed by atoms with Crippen molar-refractivity contribution < 1.29 is 9.58 Å². The van der Waals surface area contributed by atoms with Crippen LogP contribution in [-0.2, 0) is 0 Å². The first-order chi connectivity index (χ1) is 16.8. The van der Waals surface area contributed by atoms with E-state index in [4.69, 9.17) is 11.1 Å². The van der Waals surface area contributed by atoms with E-state index in [1.165, 1.54) is 11.1 Å². The van der Waals surface area contributed by atoms with Gasteiger partial charge in [0, 0.05) is 25.2 Å². The summed E-state index contributed by atoms with van der Waals surface area (Å²) in [7, 11) is 0. The van der Waals surface area contributed by atoms with Crippen molar-refractivity contribution in [3.05, 3.63) is 130 Å². The molecule has 2 N–H and O–H groups in total. The summed E-state index contributed by atoms with van der Waals surface area (Å²) in [6.45, 7) is 1.52. The molecule has 2 aliphatic carbocycles. The van der Waals surface area contributed by atoms with Crippen LogP contribution in [0.25, 0.3) is 11.1 Å². The first kappa shape index (κ1) is 23.2. The molecule has 0 saturated carbocycles. The van der Waals surface area contributed by atoms with Gasteiger partial charge in [0.05, 0.1) is 24.9 Å². The molecule has 2 aromatic carbocycles. The van der Waals surface area contributed by atoms with Gasteiger partial charge in [-0.2, -0.15) is 9.58 Å². The second-order valence-electron chi connectivity index (χ2n) is 8.26. The Morgan fingerprint density at radius 2 is 1.03 bits per heavy atom. The molecule has 0 saturated heterocycles. The van der Waals surface area contributed by atoms with Gasteiger partial charge in [-0.3, -0.25) is 0 Å². The minimum absolute atomic E-state index is 0.0479. The Hall–Kier alpha value is -3.92. The largest absolute Gasteiger partial charge is 0.361 e. The van der Waals surface area contributed by atoms with Crippen LogP contribution in [0, 0.1) is 0 Å². The Morgan fingerprint density at radius 1 is 0.618 bits per heavy atom. The average Bonchev–Trinajstić information content (AvgIpc) is 2.92. The molecule has 2 aliphatic rings. The predicted molar refractivity (Wildman–Crippen MR) is 135 cm³/mol. The third kappa shape index (κ3) is 5.90. The van der Waals surface area contributed by atoms with Gasteiger partial charge in [-0.15, -0.1) is 0 Å². The molecule has 6 heteroatoms. The molecule has 0 spiro atoms. The summed E-state index contributed by atoms with van der Waals surface area (Å²) in [5.41, 5.74) is 24.1. The molecule has 0 aliphatic heterocycles. The van der Waals surface area contributed by atoms with Gasteiger partial charge in [-0.05, 0) is 34.4 Å². The van der Waals surface area contributed by atoms with Crippen LogP contribution in [0.3, 0.4) is 0 Å². The van der Waals surface area contributed by atoms with Gasteiger partial charge >= 0.3 is 0 Å². The molecule has 2 unspecified atom stereocenters. The number of nitrogens with one attached hydrogen (secondary N) is 2. The van der Waals surface area contributed by atoms with Crippen LogP contribution in [-0.4, -0.2) is 34.1 Å². The Kier molecular flexibility index (Phi) is 8.07. The zero-order valence-corrected chi connectivity index (χ0v) is 19.0. The molecular weight excluding hydrogens is 420 g/mol. The van der Waals surface area contributed by atoms with Crippen molar-refractivity contribution in [2.75, 3.05) is 13.1 Å². The lowest BCUT2D eigenvalue weighted by molar-refractivity contribution is -0.00590. The van der Waals surface area contributed by atoms with E-state index in [2.05, 4.69) is 56.6 Å². The van der Waals surface area contributed by atoms with E-state index in [1.54, 1.807) is 0 Å². The number of benzene rings is 2. The molecule has 34 heavy (non-hydrogen) atoms. The lowest BCUT2D eigenvalue weighted by atomic mass is 9.93. The summed E-state index contributed by atoms with van der Waals surface area (Å²) in [6, 6.07) is 20.8. The molecule has 0 fully saturated rings. The van der Waals surface area contributed by atoms with Crippen LogP contribution in [0.15, 0.2) is 108 Å². The third-order valence-electron chi connectivity index (χ3n) is 6.04. The number of hydrogen-bond acceptors (Lipinski definition) is 2. The van der Waals surface area contributed by atoms with E-state index >= 15 is 0 Å². The van der Waals surface area contributed by atoms with Gasteiger partial charge in [-0.25, -0.2) is 0 Å². The maximum Gasteiger partial charge on any atom is 0.295 e. The number of rotatable bonds is 9. The van der Waals surface area contributed by atoms with E-state index in [9.17, 15) is 0 Å². The zero-order valence-electron chi connectivity index (χ0n) is 19.0. The van der Waals surface area contributed by atoms with Crippen molar-refractivity contribution in [1.82, 2.24) is 10.6 Å². The van der Waals surface area contributed by atoms with Crippen LogP contribution in [0.2, 0.25) is 0 Å². The quantitative estimate of drug-likeness (QED) is 0.328. The molecule has 6 nitrogen and oxygen atoms in total. The highest BCUT2D eigenvalue weighted by Crippen LogP contribution is 2.27. The number of hydrogen-bond donors (Lipinski definition) is 2. The van der Waals surface area contributed by atoms with Crippen molar-refractivity contribution in [2.45, 2.75) is 24.9 Å². The molecule has 0 amide bonds. The second-order valence-corrected chi connectivity index (χ2v) is 8.26. The monoisotopic (exact) mass is 448 g/mol. The fourth-order valence-corrected chi connectivity index (χ4v) is 4.26. The highest BCUT2D eigenvalue weighted by Gasteiger charge is 2.20. The molecule has 2 atom stereocenters. The Labute approximate surface area is 200 Å². The van der Waals surface area contributed by atoms with Crippen molar-refractivity contribution in [3.8, 4) is 0 Å². The van der Waals surface area contributed by atoms with Crippen LogP contribution >= 0.6 is 0 Å². The SMILES string of the molecule is [N-]=[N+]=C1C=CC(C(NCCNC(C2=CCC(=[N+]=[N-])C=C2)c2ccccc2)c2ccccc2)=CC1. The first-order valence-electron chi connectivity index (χ1n) is 11.5. The summed E-state index contributed by atoms with van der Waals surface area (Å²) >= 11 is 0. The minimum atomic E-state index is 0.0479. The van der Waals surface area contributed by atoms with Gasteiger partial charge in [0.25, 0.3) is 11.4 Å². The molecular formula is C28H28N6. The number of nitrogens with zero attached hydrogens (tertiary/aromatic N) is 4. The normalized spacial score (nSPS) is 16.8. The van der Waals surface area contributed by atoms with E-state index in [-0.39, 0.29) is 12.1 Å². The van der Waals surface area contributed by atoms with E-state index < -0.39 is 0 Å². The van der Waals surface area contributed by atoms with Crippen LogP contribution < -0.4 is 10.6 Å². The van der Waals surface area contributed by atoms with E-state index in [1.807, 2.05) is 60.7 Å². The first-order valence-corrected chi connectivity index (χ1v) is 11.5. The minimum Gasteiger partial charge on any atom is -0.361 e. The Morgan fingerprint density at radius 3 is 1.35 bits per heavy atom. The molecule has 0 radical (unpaired) electrons. The summed E-state index contributed by atoms with van der Waals surface area (Å²) in [5.74, 6) is 0. The lowest BCUT2D eigenvalue weighted by Gasteiger charge is -2.25. The van der Waals surface area contributed by atoms with Crippen molar-refractivity contribution in [3.63, 3.8) is 0 Å². The summed E-state index contributed by atoms with van der Waals surface area (Å²) < 4.78 is 0. The van der Waals surface area contributed by atoms with Gasteiger partial charge in [0.15, 0.2) is 0 Å². The van der Waals surface area contributed by atoms with E-state index in [0.29, 0.717) is 24.3 Å².